The quantitative estimate of drug-likeness (QED) is 0.308. The van der Waals surface area contributed by atoms with Crippen LogP contribution in [0.1, 0.15) is 22.7 Å². The number of ether oxygens (including phenoxy) is 1. The molecular weight excluding hydrogens is 452 g/mol. The number of rotatable bonds is 4. The van der Waals surface area contributed by atoms with E-state index in [4.69, 9.17) is 16.3 Å². The van der Waals surface area contributed by atoms with Gasteiger partial charge < -0.3 is 9.84 Å². The van der Waals surface area contributed by atoms with Crippen LogP contribution in [0.25, 0.3) is 5.76 Å². The summed E-state index contributed by atoms with van der Waals surface area (Å²) in [6, 6.07) is 13.3. The summed E-state index contributed by atoms with van der Waals surface area (Å²) in [5, 5.41) is 11.3. The standard InChI is InChI=1S/C25H18ClF2NO4/c1-13-5-3-4-6-16(13)22-21(23(30)17-12-15(33-2)8-9-18(17)26)24(31)25(32)29(22)14-7-10-19(27)20(28)11-14/h3-12,22,30H,1-2H3/b23-21+. The predicted octanol–water partition coefficient (Wildman–Crippen LogP) is 5.56. The van der Waals surface area contributed by atoms with Crippen molar-refractivity contribution in [1.29, 1.82) is 0 Å². The summed E-state index contributed by atoms with van der Waals surface area (Å²) in [4.78, 5) is 27.3. The van der Waals surface area contributed by atoms with E-state index in [2.05, 4.69) is 0 Å². The number of Topliss-reactive ketones (excluding diaryl/α,β-unsaturated/α-hetero) is 1. The monoisotopic (exact) mass is 469 g/mol. The van der Waals surface area contributed by atoms with Gasteiger partial charge in [0.25, 0.3) is 11.7 Å². The Labute approximate surface area is 193 Å². The summed E-state index contributed by atoms with van der Waals surface area (Å²) in [6.45, 7) is 1.78. The zero-order valence-electron chi connectivity index (χ0n) is 17.6. The molecule has 0 saturated carbocycles. The fraction of sp³-hybridized carbons (Fsp3) is 0.120. The molecule has 0 aliphatic carbocycles. The van der Waals surface area contributed by atoms with Crippen molar-refractivity contribution in [2.75, 3.05) is 12.0 Å². The van der Waals surface area contributed by atoms with Crippen LogP contribution in [0.4, 0.5) is 14.5 Å². The number of carbonyl (C=O) groups excluding carboxylic acids is 2. The number of aliphatic hydroxyl groups is 1. The van der Waals surface area contributed by atoms with Crippen molar-refractivity contribution in [2.45, 2.75) is 13.0 Å². The van der Waals surface area contributed by atoms with Crippen LogP contribution in [-0.2, 0) is 9.59 Å². The molecule has 1 amide bonds. The summed E-state index contributed by atoms with van der Waals surface area (Å²) in [7, 11) is 1.43. The van der Waals surface area contributed by atoms with E-state index in [1.165, 1.54) is 25.3 Å². The molecule has 1 aliphatic rings. The number of anilines is 1. The van der Waals surface area contributed by atoms with Crippen molar-refractivity contribution in [1.82, 2.24) is 0 Å². The molecule has 1 N–H and O–H groups in total. The Morgan fingerprint density at radius 1 is 1.03 bits per heavy atom. The van der Waals surface area contributed by atoms with Gasteiger partial charge in [0.2, 0.25) is 0 Å². The number of aryl methyl sites for hydroxylation is 1. The molecule has 1 fully saturated rings. The van der Waals surface area contributed by atoms with Crippen molar-refractivity contribution >= 4 is 34.7 Å². The Morgan fingerprint density at radius 3 is 2.42 bits per heavy atom. The van der Waals surface area contributed by atoms with E-state index in [1.807, 2.05) is 0 Å². The molecule has 33 heavy (non-hydrogen) atoms. The first kappa shape index (κ1) is 22.5. The lowest BCUT2D eigenvalue weighted by atomic mass is 9.92. The summed E-state index contributed by atoms with van der Waals surface area (Å²) in [5.74, 6) is -4.36. The Balaban J connectivity index is 2.01. The van der Waals surface area contributed by atoms with Crippen LogP contribution in [0.2, 0.25) is 5.02 Å². The van der Waals surface area contributed by atoms with Crippen molar-refractivity contribution in [3.63, 3.8) is 0 Å². The number of carbonyl (C=O) groups is 2. The van der Waals surface area contributed by atoms with Gasteiger partial charge in [-0.15, -0.1) is 0 Å². The maximum atomic E-state index is 14.0. The van der Waals surface area contributed by atoms with Gasteiger partial charge in [0.15, 0.2) is 11.6 Å². The minimum absolute atomic E-state index is 0.0277. The van der Waals surface area contributed by atoms with Gasteiger partial charge in [0, 0.05) is 17.3 Å². The summed E-state index contributed by atoms with van der Waals surface area (Å²) < 4.78 is 32.8. The number of amides is 1. The van der Waals surface area contributed by atoms with Crippen LogP contribution in [-0.4, -0.2) is 23.9 Å². The van der Waals surface area contributed by atoms with Gasteiger partial charge in [-0.3, -0.25) is 14.5 Å². The van der Waals surface area contributed by atoms with Crippen LogP contribution < -0.4 is 9.64 Å². The highest BCUT2D eigenvalue weighted by atomic mass is 35.5. The molecule has 1 heterocycles. The molecule has 0 radical (unpaired) electrons. The SMILES string of the molecule is COc1ccc(Cl)c(/C(O)=C2\C(=O)C(=O)N(c3ccc(F)c(F)c3)C2c2ccccc2C)c1. The molecule has 4 rings (SSSR count). The topological polar surface area (TPSA) is 66.8 Å². The van der Waals surface area contributed by atoms with Gasteiger partial charge >= 0.3 is 0 Å². The smallest absolute Gasteiger partial charge is 0.300 e. The zero-order chi connectivity index (χ0) is 23.9. The molecule has 0 bridgehead atoms. The van der Waals surface area contributed by atoms with Crippen molar-refractivity contribution in [2.24, 2.45) is 0 Å². The molecule has 3 aromatic rings. The van der Waals surface area contributed by atoms with Crippen LogP contribution in [0.15, 0.2) is 66.2 Å². The fourth-order valence-corrected chi connectivity index (χ4v) is 4.09. The number of ketones is 1. The van der Waals surface area contributed by atoms with Crippen LogP contribution in [0, 0.1) is 18.6 Å². The third-order valence-corrected chi connectivity index (χ3v) is 5.87. The molecular formula is C25H18ClF2NO4. The van der Waals surface area contributed by atoms with E-state index < -0.39 is 35.1 Å². The minimum atomic E-state index is -1.17. The molecule has 0 aromatic heterocycles. The lowest BCUT2D eigenvalue weighted by Crippen LogP contribution is -2.30. The second-order valence-corrected chi connectivity index (χ2v) is 7.88. The number of hydrogen-bond donors (Lipinski definition) is 1. The normalized spacial score (nSPS) is 17.5. The Hall–Kier alpha value is -3.71. The first-order valence-electron chi connectivity index (χ1n) is 9.90. The Kier molecular flexibility index (Phi) is 5.91. The van der Waals surface area contributed by atoms with Crippen molar-refractivity contribution < 1.29 is 28.2 Å². The van der Waals surface area contributed by atoms with E-state index in [1.54, 1.807) is 37.3 Å². The van der Waals surface area contributed by atoms with Crippen molar-refractivity contribution in [3.8, 4) is 5.75 Å². The predicted molar refractivity (Wildman–Crippen MR) is 120 cm³/mol. The first-order valence-corrected chi connectivity index (χ1v) is 10.3. The fourth-order valence-electron chi connectivity index (χ4n) is 3.88. The van der Waals surface area contributed by atoms with Crippen LogP contribution in [0.5, 0.6) is 5.75 Å². The number of halogens is 3. The maximum absolute atomic E-state index is 14.0. The highest BCUT2D eigenvalue weighted by Gasteiger charge is 2.47. The van der Waals surface area contributed by atoms with Crippen molar-refractivity contribution in [3.05, 3.63) is 99.6 Å². The molecule has 1 atom stereocenters. The minimum Gasteiger partial charge on any atom is -0.507 e. The lowest BCUT2D eigenvalue weighted by Gasteiger charge is -2.26. The van der Waals surface area contributed by atoms with Gasteiger partial charge in [0.1, 0.15) is 11.5 Å². The first-order chi connectivity index (χ1) is 15.7. The molecule has 1 saturated heterocycles. The van der Waals surface area contributed by atoms with E-state index >= 15 is 0 Å². The highest BCUT2D eigenvalue weighted by molar-refractivity contribution is 6.52. The third-order valence-electron chi connectivity index (χ3n) is 5.54. The molecule has 168 valence electrons. The van der Waals surface area contributed by atoms with Gasteiger partial charge in [-0.05, 0) is 48.4 Å². The van der Waals surface area contributed by atoms with Gasteiger partial charge in [-0.1, -0.05) is 35.9 Å². The summed E-state index contributed by atoms with van der Waals surface area (Å²) in [6.07, 6.45) is 0. The number of nitrogens with zero attached hydrogens (tertiary/aromatic N) is 1. The Morgan fingerprint density at radius 2 is 1.76 bits per heavy atom. The van der Waals surface area contributed by atoms with E-state index in [-0.39, 0.29) is 21.8 Å². The highest BCUT2D eigenvalue weighted by Crippen LogP contribution is 2.44. The molecule has 3 aromatic carbocycles. The molecule has 1 unspecified atom stereocenters. The van der Waals surface area contributed by atoms with Gasteiger partial charge in [-0.2, -0.15) is 0 Å². The van der Waals surface area contributed by atoms with E-state index in [9.17, 15) is 23.5 Å². The second-order valence-electron chi connectivity index (χ2n) is 7.47. The lowest BCUT2D eigenvalue weighted by molar-refractivity contribution is -0.132. The summed E-state index contributed by atoms with van der Waals surface area (Å²) in [5.41, 5.74) is 1.09. The molecule has 1 aliphatic heterocycles. The average Bonchev–Trinajstić information content (AvgIpc) is 3.06. The number of benzene rings is 3. The molecule has 5 nitrogen and oxygen atoms in total. The largest absolute Gasteiger partial charge is 0.507 e. The van der Waals surface area contributed by atoms with Crippen LogP contribution in [0.3, 0.4) is 0 Å². The Bertz CT molecular complexity index is 1320. The summed E-state index contributed by atoms with van der Waals surface area (Å²) >= 11 is 6.28. The maximum Gasteiger partial charge on any atom is 0.300 e. The number of aliphatic hydroxyl groups excluding tert-OH is 1. The van der Waals surface area contributed by atoms with Gasteiger partial charge in [-0.25, -0.2) is 8.78 Å². The second kappa shape index (κ2) is 8.67. The van der Waals surface area contributed by atoms with Crippen LogP contribution >= 0.6 is 11.6 Å². The average molecular weight is 470 g/mol. The molecule has 0 spiro atoms. The molecule has 8 heteroatoms. The van der Waals surface area contributed by atoms with E-state index in [0.29, 0.717) is 11.3 Å². The van der Waals surface area contributed by atoms with Gasteiger partial charge in [0.05, 0.1) is 23.7 Å². The van der Waals surface area contributed by atoms with E-state index in [0.717, 1.165) is 22.6 Å². The zero-order valence-corrected chi connectivity index (χ0v) is 18.4. The number of methoxy groups -OCH3 is 1. The third kappa shape index (κ3) is 3.85. The number of hydrogen-bond acceptors (Lipinski definition) is 4.